The molecule has 2 rings (SSSR count). The van der Waals surface area contributed by atoms with Gasteiger partial charge in [-0.2, -0.15) is 0 Å². The van der Waals surface area contributed by atoms with Crippen molar-refractivity contribution in [3.8, 4) is 0 Å². The summed E-state index contributed by atoms with van der Waals surface area (Å²) >= 11 is 7.63. The van der Waals surface area contributed by atoms with Crippen molar-refractivity contribution in [3.63, 3.8) is 0 Å². The Morgan fingerprint density at radius 2 is 2.06 bits per heavy atom. The lowest BCUT2D eigenvalue weighted by Crippen LogP contribution is -2.27. The molecule has 0 spiro atoms. The lowest BCUT2D eigenvalue weighted by atomic mass is 10.2. The van der Waals surface area contributed by atoms with Crippen LogP contribution in [-0.2, 0) is 0 Å². The highest BCUT2D eigenvalue weighted by Crippen LogP contribution is 2.34. The van der Waals surface area contributed by atoms with E-state index in [4.69, 9.17) is 11.6 Å². The maximum Gasteiger partial charge on any atom is 0.141 e. The molecule has 0 bridgehead atoms. The highest BCUT2D eigenvalue weighted by Gasteiger charge is 2.16. The topological polar surface area (TPSA) is 29.0 Å². The zero-order valence-electron chi connectivity index (χ0n) is 11.0. The highest BCUT2D eigenvalue weighted by atomic mass is 35.5. The van der Waals surface area contributed by atoms with Crippen molar-refractivity contribution in [2.75, 3.05) is 23.9 Å². The Kier molecular flexibility index (Phi) is 4.40. The predicted octanol–water partition coefficient (Wildman–Crippen LogP) is 3.76. The summed E-state index contributed by atoms with van der Waals surface area (Å²) in [5, 5.41) is 1.19. The summed E-state index contributed by atoms with van der Waals surface area (Å²) in [7, 11) is 0. The van der Waals surface area contributed by atoms with Crippen LogP contribution in [0.15, 0.2) is 6.33 Å². The Morgan fingerprint density at radius 1 is 1.28 bits per heavy atom. The summed E-state index contributed by atoms with van der Waals surface area (Å²) in [6.07, 6.45) is 2.74. The molecule has 0 aliphatic rings. The number of hydrogen-bond donors (Lipinski definition) is 0. The van der Waals surface area contributed by atoms with Gasteiger partial charge in [0.05, 0.1) is 5.39 Å². The molecule has 0 saturated carbocycles. The highest BCUT2D eigenvalue weighted by molar-refractivity contribution is 7.18. The van der Waals surface area contributed by atoms with Gasteiger partial charge in [0.1, 0.15) is 17.0 Å². The zero-order valence-corrected chi connectivity index (χ0v) is 12.6. The van der Waals surface area contributed by atoms with Gasteiger partial charge in [-0.25, -0.2) is 9.97 Å². The molecule has 18 heavy (non-hydrogen) atoms. The Bertz CT molecular complexity index is 532. The third-order valence-corrected chi connectivity index (χ3v) is 4.38. The van der Waals surface area contributed by atoms with Gasteiger partial charge in [0.25, 0.3) is 0 Å². The first-order chi connectivity index (χ1) is 8.69. The smallest absolute Gasteiger partial charge is 0.141 e. The molecule has 0 aliphatic carbocycles. The zero-order chi connectivity index (χ0) is 13.1. The average molecular weight is 284 g/mol. The van der Waals surface area contributed by atoms with Crippen LogP contribution < -0.4 is 4.90 Å². The van der Waals surface area contributed by atoms with Gasteiger partial charge in [0.2, 0.25) is 0 Å². The third kappa shape index (κ3) is 2.45. The number of aromatic nitrogens is 2. The number of aryl methyl sites for hydroxylation is 2. The van der Waals surface area contributed by atoms with Crippen LogP contribution in [0.1, 0.15) is 23.8 Å². The van der Waals surface area contributed by atoms with Gasteiger partial charge in [-0.15, -0.1) is 22.9 Å². The minimum absolute atomic E-state index is 0.619. The lowest BCUT2D eigenvalue weighted by Gasteiger charge is -2.22. The molecule has 2 heterocycles. The Balaban J connectivity index is 2.54. The van der Waals surface area contributed by atoms with E-state index >= 15 is 0 Å². The maximum atomic E-state index is 5.90. The molecule has 0 atom stereocenters. The van der Waals surface area contributed by atoms with Crippen LogP contribution in [0.3, 0.4) is 0 Å². The Labute approximate surface area is 117 Å². The monoisotopic (exact) mass is 283 g/mol. The summed E-state index contributed by atoms with van der Waals surface area (Å²) in [6.45, 7) is 8.26. The quantitative estimate of drug-likeness (QED) is 0.782. The van der Waals surface area contributed by atoms with Gasteiger partial charge >= 0.3 is 0 Å². The Morgan fingerprint density at radius 3 is 2.72 bits per heavy atom. The van der Waals surface area contributed by atoms with E-state index in [0.717, 1.165) is 30.2 Å². The van der Waals surface area contributed by atoms with Gasteiger partial charge in [0, 0.05) is 23.8 Å². The summed E-state index contributed by atoms with van der Waals surface area (Å²) in [5.74, 6) is 1.65. The van der Waals surface area contributed by atoms with E-state index in [2.05, 4.69) is 35.6 Å². The van der Waals surface area contributed by atoms with Crippen molar-refractivity contribution in [2.24, 2.45) is 0 Å². The van der Waals surface area contributed by atoms with Crippen LogP contribution >= 0.6 is 22.9 Å². The standard InChI is InChI=1S/C13H18ClN3S/c1-4-6-17(7-5-14)12-11-9(2)10(3)18-13(11)16-8-15-12/h8H,4-7H2,1-3H3. The molecule has 0 aromatic carbocycles. The molecule has 2 aromatic rings. The van der Waals surface area contributed by atoms with Gasteiger partial charge in [-0.1, -0.05) is 6.92 Å². The van der Waals surface area contributed by atoms with Crippen LogP contribution in [0.5, 0.6) is 0 Å². The first-order valence-corrected chi connectivity index (χ1v) is 7.55. The van der Waals surface area contributed by atoms with E-state index in [1.165, 1.54) is 15.8 Å². The summed E-state index contributed by atoms with van der Waals surface area (Å²) in [4.78, 5) is 13.5. The fraction of sp³-hybridized carbons (Fsp3) is 0.538. The molecule has 0 unspecified atom stereocenters. The van der Waals surface area contributed by atoms with E-state index in [0.29, 0.717) is 5.88 Å². The molecule has 5 heteroatoms. The normalized spacial score (nSPS) is 11.1. The van der Waals surface area contributed by atoms with Crippen molar-refractivity contribution in [1.82, 2.24) is 9.97 Å². The number of alkyl halides is 1. The molecular formula is C13H18ClN3S. The minimum atomic E-state index is 0.619. The summed E-state index contributed by atoms with van der Waals surface area (Å²) < 4.78 is 0. The second kappa shape index (κ2) is 5.85. The fourth-order valence-electron chi connectivity index (χ4n) is 2.10. The van der Waals surface area contributed by atoms with Crippen LogP contribution in [0, 0.1) is 13.8 Å². The SMILES string of the molecule is CCCN(CCCl)c1ncnc2sc(C)c(C)c12. The van der Waals surface area contributed by atoms with E-state index in [9.17, 15) is 0 Å². The van der Waals surface area contributed by atoms with Crippen molar-refractivity contribution in [1.29, 1.82) is 0 Å². The van der Waals surface area contributed by atoms with Gasteiger partial charge in [-0.3, -0.25) is 0 Å². The van der Waals surface area contributed by atoms with Gasteiger partial charge < -0.3 is 4.90 Å². The number of fused-ring (bicyclic) bond motifs is 1. The van der Waals surface area contributed by atoms with Crippen LogP contribution in [-0.4, -0.2) is 28.9 Å². The number of halogens is 1. The number of rotatable bonds is 5. The largest absolute Gasteiger partial charge is 0.355 e. The van der Waals surface area contributed by atoms with Gasteiger partial charge in [-0.05, 0) is 25.8 Å². The molecule has 0 saturated heterocycles. The van der Waals surface area contributed by atoms with E-state index in [1.807, 2.05) is 0 Å². The second-order valence-electron chi connectivity index (χ2n) is 4.34. The molecule has 3 nitrogen and oxygen atoms in total. The Hall–Kier alpha value is -0.870. The third-order valence-electron chi connectivity index (χ3n) is 3.09. The van der Waals surface area contributed by atoms with Crippen molar-refractivity contribution in [2.45, 2.75) is 27.2 Å². The van der Waals surface area contributed by atoms with Crippen LogP contribution in [0.2, 0.25) is 0 Å². The molecule has 0 aliphatic heterocycles. The molecule has 98 valence electrons. The van der Waals surface area contributed by atoms with Crippen molar-refractivity contribution in [3.05, 3.63) is 16.8 Å². The van der Waals surface area contributed by atoms with E-state index in [-0.39, 0.29) is 0 Å². The minimum Gasteiger partial charge on any atom is -0.355 e. The van der Waals surface area contributed by atoms with Crippen LogP contribution in [0.25, 0.3) is 10.2 Å². The first-order valence-electron chi connectivity index (χ1n) is 6.20. The molecule has 0 radical (unpaired) electrons. The predicted molar refractivity (Wildman–Crippen MR) is 80.1 cm³/mol. The fourth-order valence-corrected chi connectivity index (χ4v) is 3.29. The molecule has 0 amide bonds. The second-order valence-corrected chi connectivity index (χ2v) is 5.92. The van der Waals surface area contributed by atoms with Crippen molar-refractivity contribution < 1.29 is 0 Å². The molecule has 0 N–H and O–H groups in total. The maximum absolute atomic E-state index is 5.90. The van der Waals surface area contributed by atoms with Crippen LogP contribution in [0.4, 0.5) is 5.82 Å². The molecule has 2 aromatic heterocycles. The number of nitrogens with zero attached hydrogens (tertiary/aromatic N) is 3. The number of hydrogen-bond acceptors (Lipinski definition) is 4. The number of thiophene rings is 1. The average Bonchev–Trinajstić information content (AvgIpc) is 2.65. The summed E-state index contributed by atoms with van der Waals surface area (Å²) in [5.41, 5.74) is 1.29. The van der Waals surface area contributed by atoms with Crippen molar-refractivity contribution >= 4 is 39.0 Å². The summed E-state index contributed by atoms with van der Waals surface area (Å²) in [6, 6.07) is 0. The molecular weight excluding hydrogens is 266 g/mol. The van der Waals surface area contributed by atoms with E-state index in [1.54, 1.807) is 17.7 Å². The van der Waals surface area contributed by atoms with Gasteiger partial charge in [0.15, 0.2) is 0 Å². The van der Waals surface area contributed by atoms with E-state index < -0.39 is 0 Å². The molecule has 0 fully saturated rings. The lowest BCUT2D eigenvalue weighted by molar-refractivity contribution is 0.783. The number of anilines is 1. The first kappa shape index (κ1) is 13.6.